The first-order chi connectivity index (χ1) is 7.86. The molecule has 0 unspecified atom stereocenters. The molecule has 3 rings (SSSR count). The largest absolute Gasteiger partial charge is 0.206 e. The quantitative estimate of drug-likeness (QED) is 0.566. The third-order valence-electron chi connectivity index (χ3n) is 2.65. The van der Waals surface area contributed by atoms with E-state index in [1.165, 1.54) is 10.8 Å². The lowest BCUT2D eigenvalue weighted by atomic mass is 10.0. The molecule has 16 heavy (non-hydrogen) atoms. The van der Waals surface area contributed by atoms with Gasteiger partial charge in [0.2, 0.25) is 0 Å². The van der Waals surface area contributed by atoms with Crippen molar-refractivity contribution in [2.24, 2.45) is 0 Å². The molecule has 0 atom stereocenters. The van der Waals surface area contributed by atoms with Crippen LogP contribution >= 0.6 is 11.3 Å². The van der Waals surface area contributed by atoms with Crippen molar-refractivity contribution in [2.75, 3.05) is 0 Å². The number of thiophene rings is 1. The summed E-state index contributed by atoms with van der Waals surface area (Å²) in [5, 5.41) is 3.14. The molecular weight excluding hydrogens is 219 g/mol. The molecule has 0 bridgehead atoms. The molecule has 3 aromatic rings. The van der Waals surface area contributed by atoms with Crippen molar-refractivity contribution in [3.63, 3.8) is 0 Å². The lowest BCUT2D eigenvalue weighted by Gasteiger charge is -2.00. The fourth-order valence-corrected chi connectivity index (χ4v) is 2.83. The van der Waals surface area contributed by atoms with Crippen LogP contribution in [0.2, 0.25) is 0 Å². The molecule has 0 spiro atoms. The molecule has 1 heterocycles. The van der Waals surface area contributed by atoms with Crippen LogP contribution in [-0.4, -0.2) is 0 Å². The van der Waals surface area contributed by atoms with E-state index in [0.717, 1.165) is 10.9 Å². The van der Waals surface area contributed by atoms with Crippen molar-refractivity contribution in [3.05, 3.63) is 59.7 Å². The molecule has 0 nitrogen and oxygen atoms in total. The monoisotopic (exact) mass is 228 g/mol. The summed E-state index contributed by atoms with van der Waals surface area (Å²) in [5.74, 6) is -0.161. The second-order valence-corrected chi connectivity index (χ2v) is 4.54. The van der Waals surface area contributed by atoms with Crippen LogP contribution in [-0.2, 0) is 0 Å². The van der Waals surface area contributed by atoms with E-state index in [-0.39, 0.29) is 5.82 Å². The molecule has 78 valence electrons. The summed E-state index contributed by atoms with van der Waals surface area (Å²) in [5.41, 5.74) is 1.67. The van der Waals surface area contributed by atoms with E-state index in [1.54, 1.807) is 17.4 Å². The van der Waals surface area contributed by atoms with Gasteiger partial charge in [-0.1, -0.05) is 36.4 Å². The van der Waals surface area contributed by atoms with Gasteiger partial charge >= 0.3 is 0 Å². The summed E-state index contributed by atoms with van der Waals surface area (Å²) >= 11 is 1.65. The smallest absolute Gasteiger partial charge is 0.131 e. The maximum Gasteiger partial charge on any atom is 0.131 e. The molecule has 0 N–H and O–H groups in total. The highest BCUT2D eigenvalue weighted by molar-refractivity contribution is 7.17. The Bertz CT molecular complexity index is 640. The fourth-order valence-electron chi connectivity index (χ4n) is 1.87. The summed E-state index contributed by atoms with van der Waals surface area (Å²) in [7, 11) is 0. The minimum absolute atomic E-state index is 0.161. The summed E-state index contributed by atoms with van der Waals surface area (Å²) in [4.78, 5) is 0. The Balaban J connectivity index is 2.31. The number of benzene rings is 2. The van der Waals surface area contributed by atoms with Gasteiger partial charge in [0.15, 0.2) is 0 Å². The molecule has 0 aliphatic carbocycles. The minimum Gasteiger partial charge on any atom is -0.206 e. The van der Waals surface area contributed by atoms with Gasteiger partial charge in [-0.05, 0) is 17.5 Å². The van der Waals surface area contributed by atoms with Gasteiger partial charge < -0.3 is 0 Å². The van der Waals surface area contributed by atoms with E-state index < -0.39 is 0 Å². The maximum absolute atomic E-state index is 13.7. The SMILES string of the molecule is Fc1ccccc1-c1csc2ccccc12. The van der Waals surface area contributed by atoms with Gasteiger partial charge in [0, 0.05) is 21.2 Å². The highest BCUT2D eigenvalue weighted by atomic mass is 32.1. The van der Waals surface area contributed by atoms with Crippen LogP contribution in [0.25, 0.3) is 21.2 Å². The van der Waals surface area contributed by atoms with Gasteiger partial charge in [0.05, 0.1) is 0 Å². The normalized spacial score (nSPS) is 10.8. The first kappa shape index (κ1) is 9.55. The van der Waals surface area contributed by atoms with E-state index in [0.29, 0.717) is 5.56 Å². The van der Waals surface area contributed by atoms with E-state index in [4.69, 9.17) is 0 Å². The van der Waals surface area contributed by atoms with Gasteiger partial charge in [-0.25, -0.2) is 4.39 Å². The molecule has 0 fully saturated rings. The third-order valence-corrected chi connectivity index (χ3v) is 3.61. The van der Waals surface area contributed by atoms with E-state index in [1.807, 2.05) is 35.7 Å². The molecule has 0 amide bonds. The van der Waals surface area contributed by atoms with Crippen molar-refractivity contribution < 1.29 is 4.39 Å². The van der Waals surface area contributed by atoms with Crippen molar-refractivity contribution in [1.29, 1.82) is 0 Å². The van der Waals surface area contributed by atoms with Crippen LogP contribution in [0.3, 0.4) is 0 Å². The van der Waals surface area contributed by atoms with Gasteiger partial charge in [-0.2, -0.15) is 0 Å². The summed E-state index contributed by atoms with van der Waals surface area (Å²) in [6, 6.07) is 15.0. The predicted octanol–water partition coefficient (Wildman–Crippen LogP) is 4.71. The Morgan fingerprint density at radius 2 is 1.56 bits per heavy atom. The number of hydrogen-bond donors (Lipinski definition) is 0. The predicted molar refractivity (Wildman–Crippen MR) is 67.2 cm³/mol. The number of hydrogen-bond acceptors (Lipinski definition) is 1. The van der Waals surface area contributed by atoms with Crippen LogP contribution in [0.5, 0.6) is 0 Å². The van der Waals surface area contributed by atoms with Gasteiger partial charge in [-0.15, -0.1) is 11.3 Å². The number of halogens is 1. The van der Waals surface area contributed by atoms with Gasteiger partial charge in [0.25, 0.3) is 0 Å². The topological polar surface area (TPSA) is 0 Å². The zero-order valence-electron chi connectivity index (χ0n) is 8.48. The first-order valence-electron chi connectivity index (χ1n) is 5.07. The Kier molecular flexibility index (Phi) is 2.22. The van der Waals surface area contributed by atoms with Crippen LogP contribution < -0.4 is 0 Å². The number of fused-ring (bicyclic) bond motifs is 1. The van der Waals surface area contributed by atoms with Crippen molar-refractivity contribution in [1.82, 2.24) is 0 Å². The zero-order valence-corrected chi connectivity index (χ0v) is 9.30. The Morgan fingerprint density at radius 1 is 0.812 bits per heavy atom. The van der Waals surface area contributed by atoms with Crippen LogP contribution in [0, 0.1) is 5.82 Å². The fraction of sp³-hybridized carbons (Fsp3) is 0. The van der Waals surface area contributed by atoms with E-state index in [2.05, 4.69) is 6.07 Å². The van der Waals surface area contributed by atoms with Crippen LogP contribution in [0.15, 0.2) is 53.9 Å². The second-order valence-electron chi connectivity index (χ2n) is 3.63. The van der Waals surface area contributed by atoms with Crippen molar-refractivity contribution in [2.45, 2.75) is 0 Å². The van der Waals surface area contributed by atoms with E-state index in [9.17, 15) is 4.39 Å². The molecule has 0 aliphatic rings. The Morgan fingerprint density at radius 3 is 2.44 bits per heavy atom. The average Bonchev–Trinajstić information content (AvgIpc) is 2.74. The molecule has 0 aliphatic heterocycles. The average molecular weight is 228 g/mol. The molecular formula is C14H9FS. The zero-order chi connectivity index (χ0) is 11.0. The summed E-state index contributed by atoms with van der Waals surface area (Å²) in [6.07, 6.45) is 0. The van der Waals surface area contributed by atoms with Gasteiger partial charge in [0.1, 0.15) is 5.82 Å². The first-order valence-corrected chi connectivity index (χ1v) is 5.95. The summed E-state index contributed by atoms with van der Waals surface area (Å²) < 4.78 is 14.9. The standard InChI is InChI=1S/C14H9FS/c15-13-7-3-1-5-10(13)12-9-16-14-8-4-2-6-11(12)14/h1-9H. The van der Waals surface area contributed by atoms with Crippen molar-refractivity contribution in [3.8, 4) is 11.1 Å². The molecule has 2 heteroatoms. The van der Waals surface area contributed by atoms with E-state index >= 15 is 0 Å². The van der Waals surface area contributed by atoms with Gasteiger partial charge in [-0.3, -0.25) is 0 Å². The molecule has 0 radical (unpaired) electrons. The molecule has 2 aromatic carbocycles. The molecule has 1 aromatic heterocycles. The second kappa shape index (κ2) is 3.72. The van der Waals surface area contributed by atoms with Crippen molar-refractivity contribution >= 4 is 21.4 Å². The summed E-state index contributed by atoms with van der Waals surface area (Å²) in [6.45, 7) is 0. The third kappa shape index (κ3) is 1.42. The highest BCUT2D eigenvalue weighted by Gasteiger charge is 2.09. The van der Waals surface area contributed by atoms with Crippen LogP contribution in [0.1, 0.15) is 0 Å². The highest BCUT2D eigenvalue weighted by Crippen LogP contribution is 2.34. The lowest BCUT2D eigenvalue weighted by molar-refractivity contribution is 0.631. The number of rotatable bonds is 1. The molecule has 0 saturated heterocycles. The lowest BCUT2D eigenvalue weighted by Crippen LogP contribution is -1.81. The Labute approximate surface area is 97.0 Å². The molecule has 0 saturated carbocycles. The van der Waals surface area contributed by atoms with Crippen LogP contribution in [0.4, 0.5) is 4.39 Å². The Hall–Kier alpha value is -1.67. The maximum atomic E-state index is 13.7. The minimum atomic E-state index is -0.161.